The molecular formula is C24H19NO3S. The second kappa shape index (κ2) is 6.31. The number of benzene rings is 3. The van der Waals surface area contributed by atoms with Crippen LogP contribution in [0.3, 0.4) is 0 Å². The molecule has 6 rings (SSSR count). The van der Waals surface area contributed by atoms with E-state index in [1.165, 1.54) is 11.1 Å². The molecule has 3 aromatic carbocycles. The van der Waals surface area contributed by atoms with Crippen LogP contribution in [0.2, 0.25) is 0 Å². The van der Waals surface area contributed by atoms with Gasteiger partial charge in [0.1, 0.15) is 17.0 Å². The Hall–Kier alpha value is -2.89. The van der Waals surface area contributed by atoms with Gasteiger partial charge in [-0.05, 0) is 61.2 Å². The first kappa shape index (κ1) is 17.0. The third kappa shape index (κ3) is 2.38. The van der Waals surface area contributed by atoms with Gasteiger partial charge in [0.15, 0.2) is 4.90 Å². The molecule has 0 fully saturated rings. The summed E-state index contributed by atoms with van der Waals surface area (Å²) in [5.41, 5.74) is 5.04. The van der Waals surface area contributed by atoms with Gasteiger partial charge in [0.25, 0.3) is 5.88 Å². The molecule has 4 aromatic rings. The molecule has 0 spiro atoms. The normalized spacial score (nSPS) is 17.4. The summed E-state index contributed by atoms with van der Waals surface area (Å²) < 4.78 is 25.9. The molecule has 0 saturated carbocycles. The van der Waals surface area contributed by atoms with Crippen LogP contribution in [-0.4, -0.2) is 11.2 Å². The van der Waals surface area contributed by atoms with Crippen molar-refractivity contribution in [3.8, 4) is 5.75 Å². The zero-order chi connectivity index (χ0) is 19.5. The van der Waals surface area contributed by atoms with Crippen molar-refractivity contribution in [2.45, 2.75) is 29.6 Å². The fraction of sp³-hybridized carbons (Fsp3) is 0.167. The Balaban J connectivity index is 1.69. The van der Waals surface area contributed by atoms with Crippen molar-refractivity contribution in [1.29, 1.82) is 0 Å². The van der Waals surface area contributed by atoms with Gasteiger partial charge >= 0.3 is 0 Å². The number of ether oxygens (including phenoxy) is 1. The number of aryl methyl sites for hydroxylation is 1. The molecule has 144 valence electrons. The fourth-order valence-electron chi connectivity index (χ4n) is 4.38. The van der Waals surface area contributed by atoms with Crippen molar-refractivity contribution >= 4 is 39.4 Å². The van der Waals surface area contributed by atoms with E-state index < -0.39 is 11.2 Å². The average Bonchev–Trinajstić information content (AvgIpc) is 3.15. The first-order valence-electron chi connectivity index (χ1n) is 9.82. The van der Waals surface area contributed by atoms with E-state index in [4.69, 9.17) is 9.15 Å². The summed E-state index contributed by atoms with van der Waals surface area (Å²) in [5.74, 6) is 1.52. The quantitative estimate of drug-likeness (QED) is 0.366. The van der Waals surface area contributed by atoms with Gasteiger partial charge in [0.05, 0.1) is 17.7 Å². The number of furan rings is 1. The standard InChI is InChI=1S/C24H19NO3S/c1-15-12-13-19(22-16(15)8-6-14-27-22)25-18-9-3-5-11-21(18)29(26)23-17-7-2-4-10-20(17)28-24(23)25/h2-5,7,9-13H,6,8,14H2,1H3. The lowest BCUT2D eigenvalue weighted by atomic mass is 9.99. The SMILES string of the molecule is Cc1ccc(N2c3ccccc3[S+]([O-])c3c2oc2ccccc32)c2c1CCCO2. The van der Waals surface area contributed by atoms with E-state index in [2.05, 4.69) is 24.0 Å². The highest BCUT2D eigenvalue weighted by molar-refractivity contribution is 7.92. The first-order valence-corrected chi connectivity index (χ1v) is 11.0. The number of nitrogens with zero attached hydrogens (tertiary/aromatic N) is 1. The molecule has 1 aromatic heterocycles. The number of hydrogen-bond acceptors (Lipinski definition) is 4. The lowest BCUT2D eigenvalue weighted by molar-refractivity contribution is 0.288. The van der Waals surface area contributed by atoms with Crippen LogP contribution < -0.4 is 9.64 Å². The molecule has 2 aliphatic heterocycles. The summed E-state index contributed by atoms with van der Waals surface area (Å²) in [6.07, 6.45) is 2.02. The van der Waals surface area contributed by atoms with Crippen LogP contribution in [0.1, 0.15) is 17.5 Å². The van der Waals surface area contributed by atoms with Crippen LogP contribution in [0.4, 0.5) is 17.3 Å². The Morgan fingerprint density at radius 2 is 1.79 bits per heavy atom. The third-order valence-corrected chi connectivity index (χ3v) is 7.27. The van der Waals surface area contributed by atoms with E-state index in [1.54, 1.807) is 0 Å². The Kier molecular flexibility index (Phi) is 3.70. The first-order chi connectivity index (χ1) is 14.2. The predicted molar refractivity (Wildman–Crippen MR) is 114 cm³/mol. The minimum Gasteiger partial charge on any atom is -0.606 e. The number of anilines is 3. The summed E-state index contributed by atoms with van der Waals surface area (Å²) in [5, 5.41) is 0.891. The van der Waals surface area contributed by atoms with Crippen LogP contribution in [0, 0.1) is 6.92 Å². The summed E-state index contributed by atoms with van der Waals surface area (Å²) in [4.78, 5) is 3.59. The molecule has 5 heteroatoms. The van der Waals surface area contributed by atoms with Crippen LogP contribution in [0.5, 0.6) is 5.75 Å². The number of fused-ring (bicyclic) bond motifs is 5. The Labute approximate surface area is 171 Å². The smallest absolute Gasteiger partial charge is 0.263 e. The largest absolute Gasteiger partial charge is 0.606 e. The molecule has 3 heterocycles. The number of hydrogen-bond donors (Lipinski definition) is 0. The lowest BCUT2D eigenvalue weighted by Crippen LogP contribution is -2.23. The molecule has 0 radical (unpaired) electrons. The Morgan fingerprint density at radius 1 is 0.966 bits per heavy atom. The Bertz CT molecular complexity index is 1260. The van der Waals surface area contributed by atoms with Crippen molar-refractivity contribution in [3.63, 3.8) is 0 Å². The maximum absolute atomic E-state index is 13.5. The van der Waals surface area contributed by atoms with Gasteiger partial charge < -0.3 is 13.7 Å². The van der Waals surface area contributed by atoms with Crippen molar-refractivity contribution in [1.82, 2.24) is 0 Å². The topological polar surface area (TPSA) is 48.7 Å². The van der Waals surface area contributed by atoms with Crippen molar-refractivity contribution in [2.24, 2.45) is 0 Å². The number of rotatable bonds is 1. The fourth-order valence-corrected chi connectivity index (χ4v) is 5.81. The summed E-state index contributed by atoms with van der Waals surface area (Å²) >= 11 is -1.31. The molecule has 4 nitrogen and oxygen atoms in total. The summed E-state index contributed by atoms with van der Waals surface area (Å²) in [6.45, 7) is 2.83. The third-order valence-electron chi connectivity index (χ3n) is 5.76. The maximum Gasteiger partial charge on any atom is 0.263 e. The average molecular weight is 401 g/mol. The molecule has 29 heavy (non-hydrogen) atoms. The second-order valence-electron chi connectivity index (χ2n) is 7.47. The highest BCUT2D eigenvalue weighted by Crippen LogP contribution is 2.54. The Morgan fingerprint density at radius 3 is 2.72 bits per heavy atom. The molecule has 0 aliphatic carbocycles. The van der Waals surface area contributed by atoms with Gasteiger partial charge in [-0.2, -0.15) is 0 Å². The van der Waals surface area contributed by atoms with Gasteiger partial charge in [-0.15, -0.1) is 0 Å². The molecule has 0 amide bonds. The molecular weight excluding hydrogens is 382 g/mol. The maximum atomic E-state index is 13.5. The van der Waals surface area contributed by atoms with Gasteiger partial charge in [0.2, 0.25) is 4.90 Å². The van der Waals surface area contributed by atoms with Crippen LogP contribution in [-0.2, 0) is 17.6 Å². The molecule has 1 unspecified atom stereocenters. The van der Waals surface area contributed by atoms with Crippen molar-refractivity contribution < 1.29 is 13.7 Å². The highest BCUT2D eigenvalue weighted by Gasteiger charge is 2.41. The van der Waals surface area contributed by atoms with Crippen molar-refractivity contribution in [2.75, 3.05) is 11.5 Å². The van der Waals surface area contributed by atoms with Gasteiger partial charge in [-0.25, -0.2) is 0 Å². The highest BCUT2D eigenvalue weighted by atomic mass is 32.2. The van der Waals surface area contributed by atoms with Crippen LogP contribution in [0.25, 0.3) is 11.0 Å². The van der Waals surface area contributed by atoms with Gasteiger partial charge in [-0.3, -0.25) is 4.90 Å². The minimum absolute atomic E-state index is 0.614. The van der Waals surface area contributed by atoms with E-state index >= 15 is 0 Å². The lowest BCUT2D eigenvalue weighted by Gasteiger charge is -2.32. The minimum atomic E-state index is -1.31. The predicted octanol–water partition coefficient (Wildman–Crippen LogP) is 6.02. The molecule has 1 atom stereocenters. The molecule has 0 bridgehead atoms. The van der Waals surface area contributed by atoms with Crippen molar-refractivity contribution in [3.05, 3.63) is 71.8 Å². The molecule has 0 N–H and O–H groups in total. The zero-order valence-electron chi connectivity index (χ0n) is 16.0. The van der Waals surface area contributed by atoms with E-state index in [-0.39, 0.29) is 0 Å². The summed E-state index contributed by atoms with van der Waals surface area (Å²) in [7, 11) is 0. The second-order valence-corrected chi connectivity index (χ2v) is 8.85. The van der Waals surface area contributed by atoms with Gasteiger partial charge in [0, 0.05) is 11.2 Å². The van der Waals surface area contributed by atoms with Crippen LogP contribution >= 0.6 is 0 Å². The molecule has 0 saturated heterocycles. The zero-order valence-corrected chi connectivity index (χ0v) is 16.8. The van der Waals surface area contributed by atoms with Gasteiger partial charge in [-0.1, -0.05) is 30.3 Å². The monoisotopic (exact) mass is 401 g/mol. The van der Waals surface area contributed by atoms with E-state index in [0.717, 1.165) is 50.7 Å². The van der Waals surface area contributed by atoms with E-state index in [1.807, 2.05) is 48.5 Å². The van der Waals surface area contributed by atoms with E-state index in [0.29, 0.717) is 12.5 Å². The van der Waals surface area contributed by atoms with E-state index in [9.17, 15) is 4.55 Å². The summed E-state index contributed by atoms with van der Waals surface area (Å²) in [6, 6.07) is 19.9. The van der Waals surface area contributed by atoms with Crippen LogP contribution in [0.15, 0.2) is 74.9 Å². The molecule has 2 aliphatic rings. The number of para-hydroxylation sites is 2.